The number of aromatic amines is 1. The molecule has 2 atom stereocenters. The number of Topliss-reactive ketones (excluding diaryl/α,β-unsaturated/α-hetero) is 1. The maximum atomic E-state index is 13.0. The SMILES string of the molecule is O=C1c2c(C(F)(F)F)c[nH]c2CC(F)C1F. The molecule has 2 unspecified atom stereocenters. The Morgan fingerprint density at radius 1 is 1.31 bits per heavy atom. The summed E-state index contributed by atoms with van der Waals surface area (Å²) in [6.07, 6.45) is -9.32. The van der Waals surface area contributed by atoms with Crippen molar-refractivity contribution < 1.29 is 26.7 Å². The van der Waals surface area contributed by atoms with E-state index < -0.39 is 41.9 Å². The van der Waals surface area contributed by atoms with Crippen molar-refractivity contribution in [2.75, 3.05) is 0 Å². The van der Waals surface area contributed by atoms with Crippen molar-refractivity contribution in [2.45, 2.75) is 24.9 Å². The van der Waals surface area contributed by atoms with Gasteiger partial charge in [0, 0.05) is 18.3 Å². The number of carbonyl (C=O) groups is 1. The maximum absolute atomic E-state index is 13.0. The Labute approximate surface area is 86.4 Å². The van der Waals surface area contributed by atoms with E-state index in [-0.39, 0.29) is 5.69 Å². The number of hydrogen-bond acceptors (Lipinski definition) is 1. The van der Waals surface area contributed by atoms with Gasteiger partial charge < -0.3 is 4.98 Å². The van der Waals surface area contributed by atoms with Crippen LogP contribution in [-0.4, -0.2) is 23.1 Å². The first-order valence-electron chi connectivity index (χ1n) is 4.42. The Morgan fingerprint density at radius 2 is 1.94 bits per heavy atom. The molecule has 2 rings (SSSR count). The molecule has 1 aliphatic carbocycles. The Morgan fingerprint density at radius 3 is 2.50 bits per heavy atom. The number of halogens is 5. The number of nitrogens with one attached hydrogen (secondary N) is 1. The highest BCUT2D eigenvalue weighted by Gasteiger charge is 2.44. The van der Waals surface area contributed by atoms with E-state index in [9.17, 15) is 26.7 Å². The van der Waals surface area contributed by atoms with E-state index in [0.29, 0.717) is 6.20 Å². The average Bonchev–Trinajstić information content (AvgIpc) is 2.57. The van der Waals surface area contributed by atoms with Crippen molar-refractivity contribution in [2.24, 2.45) is 0 Å². The van der Waals surface area contributed by atoms with Crippen LogP contribution in [0.3, 0.4) is 0 Å². The lowest BCUT2D eigenvalue weighted by Gasteiger charge is -2.20. The van der Waals surface area contributed by atoms with E-state index in [2.05, 4.69) is 4.98 Å². The summed E-state index contributed by atoms with van der Waals surface area (Å²) in [7, 11) is 0. The molecule has 0 spiro atoms. The predicted octanol–water partition coefficient (Wildman–Crippen LogP) is 2.45. The third-order valence-corrected chi connectivity index (χ3v) is 2.48. The van der Waals surface area contributed by atoms with Crippen LogP contribution in [0.25, 0.3) is 0 Å². The number of alkyl halides is 5. The number of ketones is 1. The first kappa shape index (κ1) is 11.1. The summed E-state index contributed by atoms with van der Waals surface area (Å²) in [6, 6.07) is 0. The number of H-pyrrole nitrogens is 1. The number of aromatic nitrogens is 1. The van der Waals surface area contributed by atoms with Crippen molar-refractivity contribution >= 4 is 5.78 Å². The molecule has 7 heteroatoms. The van der Waals surface area contributed by atoms with Gasteiger partial charge in [0.2, 0.25) is 5.78 Å². The maximum Gasteiger partial charge on any atom is 0.418 e. The van der Waals surface area contributed by atoms with Gasteiger partial charge in [0.05, 0.1) is 11.1 Å². The molecule has 0 saturated carbocycles. The molecule has 0 bridgehead atoms. The zero-order chi connectivity index (χ0) is 12.1. The van der Waals surface area contributed by atoms with Gasteiger partial charge in [-0.25, -0.2) is 8.78 Å². The van der Waals surface area contributed by atoms with E-state index in [1.165, 1.54) is 0 Å². The molecule has 88 valence electrons. The number of carbonyl (C=O) groups excluding carboxylic acids is 1. The zero-order valence-corrected chi connectivity index (χ0v) is 7.74. The minimum Gasteiger partial charge on any atom is -0.364 e. The normalized spacial score (nSPS) is 25.7. The molecule has 16 heavy (non-hydrogen) atoms. The lowest BCUT2D eigenvalue weighted by atomic mass is 9.91. The molecule has 1 N–H and O–H groups in total. The van der Waals surface area contributed by atoms with E-state index in [4.69, 9.17) is 0 Å². The van der Waals surface area contributed by atoms with Gasteiger partial charge in [0.1, 0.15) is 6.17 Å². The van der Waals surface area contributed by atoms with Crippen LogP contribution in [-0.2, 0) is 12.6 Å². The Hall–Kier alpha value is -1.40. The highest BCUT2D eigenvalue weighted by Crippen LogP contribution is 2.37. The average molecular weight is 239 g/mol. The fraction of sp³-hybridized carbons (Fsp3) is 0.444. The molecular formula is C9H6F5NO. The summed E-state index contributed by atoms with van der Waals surface area (Å²) in [5.74, 6) is -1.44. The monoisotopic (exact) mass is 239 g/mol. The van der Waals surface area contributed by atoms with Crippen LogP contribution in [0.15, 0.2) is 6.20 Å². The van der Waals surface area contributed by atoms with Crippen LogP contribution in [0.1, 0.15) is 21.6 Å². The smallest absolute Gasteiger partial charge is 0.364 e. The van der Waals surface area contributed by atoms with Crippen LogP contribution in [0, 0.1) is 0 Å². The van der Waals surface area contributed by atoms with Gasteiger partial charge in [-0.3, -0.25) is 4.79 Å². The fourth-order valence-corrected chi connectivity index (χ4v) is 1.73. The molecule has 0 saturated heterocycles. The number of hydrogen-bond donors (Lipinski definition) is 1. The summed E-state index contributed by atoms with van der Waals surface area (Å²) >= 11 is 0. The third-order valence-electron chi connectivity index (χ3n) is 2.48. The van der Waals surface area contributed by atoms with Gasteiger partial charge in [-0.15, -0.1) is 0 Å². The van der Waals surface area contributed by atoms with Gasteiger partial charge in [-0.2, -0.15) is 13.2 Å². The summed E-state index contributed by atoms with van der Waals surface area (Å²) in [6.45, 7) is 0. The first-order valence-corrected chi connectivity index (χ1v) is 4.42. The topological polar surface area (TPSA) is 32.9 Å². The quantitative estimate of drug-likeness (QED) is 0.693. The van der Waals surface area contributed by atoms with Crippen LogP contribution in [0.5, 0.6) is 0 Å². The minimum absolute atomic E-state index is 0.196. The highest BCUT2D eigenvalue weighted by molar-refractivity contribution is 6.03. The van der Waals surface area contributed by atoms with E-state index in [1.54, 1.807) is 0 Å². The van der Waals surface area contributed by atoms with Crippen molar-refractivity contribution in [3.05, 3.63) is 23.0 Å². The van der Waals surface area contributed by atoms with E-state index >= 15 is 0 Å². The van der Waals surface area contributed by atoms with Crippen molar-refractivity contribution in [3.8, 4) is 0 Å². The second-order valence-corrected chi connectivity index (χ2v) is 3.54. The van der Waals surface area contributed by atoms with Crippen LogP contribution < -0.4 is 0 Å². The summed E-state index contributed by atoms with van der Waals surface area (Å²) in [5, 5.41) is 0. The van der Waals surface area contributed by atoms with Gasteiger partial charge in [0.15, 0.2) is 6.17 Å². The fourth-order valence-electron chi connectivity index (χ4n) is 1.73. The van der Waals surface area contributed by atoms with Gasteiger partial charge in [-0.1, -0.05) is 0 Å². The highest BCUT2D eigenvalue weighted by atomic mass is 19.4. The molecule has 0 aromatic carbocycles. The third kappa shape index (κ3) is 1.50. The Balaban J connectivity index is 2.54. The second kappa shape index (κ2) is 3.29. The molecule has 0 fully saturated rings. The number of fused-ring (bicyclic) bond motifs is 1. The molecule has 0 amide bonds. The molecule has 2 nitrogen and oxygen atoms in total. The first-order chi connectivity index (χ1) is 7.32. The lowest BCUT2D eigenvalue weighted by molar-refractivity contribution is -0.137. The van der Waals surface area contributed by atoms with Crippen LogP contribution >= 0.6 is 0 Å². The molecule has 1 aromatic heterocycles. The predicted molar refractivity (Wildman–Crippen MR) is 43.6 cm³/mol. The van der Waals surface area contributed by atoms with Gasteiger partial charge >= 0.3 is 6.18 Å². The molecule has 0 aliphatic heterocycles. The summed E-state index contributed by atoms with van der Waals surface area (Å²) < 4.78 is 63.2. The van der Waals surface area contributed by atoms with E-state index in [0.717, 1.165) is 0 Å². The molecule has 1 aliphatic rings. The molecule has 1 heterocycles. The summed E-state index contributed by atoms with van der Waals surface area (Å²) in [5.41, 5.74) is -2.20. The Bertz CT molecular complexity index is 436. The van der Waals surface area contributed by atoms with Gasteiger partial charge in [0.25, 0.3) is 0 Å². The minimum atomic E-state index is -4.75. The van der Waals surface area contributed by atoms with Gasteiger partial charge in [-0.05, 0) is 0 Å². The number of rotatable bonds is 0. The molecule has 1 aromatic rings. The van der Waals surface area contributed by atoms with Crippen LogP contribution in [0.2, 0.25) is 0 Å². The zero-order valence-electron chi connectivity index (χ0n) is 7.74. The molecular weight excluding hydrogens is 233 g/mol. The van der Waals surface area contributed by atoms with Crippen LogP contribution in [0.4, 0.5) is 22.0 Å². The Kier molecular flexibility index (Phi) is 2.28. The van der Waals surface area contributed by atoms with Crippen molar-refractivity contribution in [1.29, 1.82) is 0 Å². The van der Waals surface area contributed by atoms with Crippen molar-refractivity contribution in [1.82, 2.24) is 4.98 Å². The lowest BCUT2D eigenvalue weighted by Crippen LogP contribution is -2.35. The second-order valence-electron chi connectivity index (χ2n) is 3.54. The standard InChI is InChI=1S/C9H6F5NO/c10-4-1-5-6(8(16)7(4)11)3(2-15-5)9(12,13)14/h2,4,7,15H,1H2. The van der Waals surface area contributed by atoms with E-state index in [1.807, 2.05) is 0 Å². The molecule has 0 radical (unpaired) electrons. The van der Waals surface area contributed by atoms with Crippen molar-refractivity contribution in [3.63, 3.8) is 0 Å². The summed E-state index contributed by atoms with van der Waals surface area (Å²) in [4.78, 5) is 13.4. The largest absolute Gasteiger partial charge is 0.418 e.